The minimum Gasteiger partial charge on any atom is -0.396 e. The Hall–Kier alpha value is -0.0400. The summed E-state index contributed by atoms with van der Waals surface area (Å²) in [6.45, 7) is 2.69. The first-order valence-electron chi connectivity index (χ1n) is 27.0. The summed E-state index contributed by atoms with van der Waals surface area (Å²) >= 11 is 0. The first-order chi connectivity index (χ1) is 27.4. The Bertz CT molecular complexity index is 562. The first kappa shape index (κ1) is 55.0. The molecule has 0 unspecified atom stereocenters. The van der Waals surface area contributed by atoms with Crippen LogP contribution >= 0.6 is 0 Å². The van der Waals surface area contributed by atoms with Crippen molar-refractivity contribution in [3.8, 4) is 0 Å². The third kappa shape index (κ3) is 54.0. The lowest BCUT2D eigenvalue weighted by atomic mass is 10.0. The van der Waals surface area contributed by atoms with Crippen molar-refractivity contribution >= 4 is 0 Å². The number of aliphatic hydroxyl groups is 1. The molecular formula is C54H110O. The lowest BCUT2D eigenvalue weighted by Gasteiger charge is -2.05. The van der Waals surface area contributed by atoms with Crippen LogP contribution in [0, 0.1) is 0 Å². The molecule has 0 atom stereocenters. The fourth-order valence-electron chi connectivity index (χ4n) is 9.02. The highest BCUT2D eigenvalue weighted by molar-refractivity contribution is 4.55. The van der Waals surface area contributed by atoms with E-state index >= 15 is 0 Å². The molecule has 0 aromatic heterocycles. The molecule has 0 rings (SSSR count). The topological polar surface area (TPSA) is 20.2 Å². The van der Waals surface area contributed by atoms with Crippen LogP contribution in [0.1, 0.15) is 341 Å². The fourth-order valence-corrected chi connectivity index (χ4v) is 9.02. The normalized spacial score (nSPS) is 11.7. The molecule has 0 aromatic rings. The first-order valence-corrected chi connectivity index (χ1v) is 27.0. The summed E-state index contributed by atoms with van der Waals surface area (Å²) in [4.78, 5) is 0. The second-order valence-electron chi connectivity index (χ2n) is 18.8. The van der Waals surface area contributed by atoms with Gasteiger partial charge in [0.25, 0.3) is 0 Å². The third-order valence-corrected chi connectivity index (χ3v) is 13.0. The number of aliphatic hydroxyl groups excluding tert-OH is 1. The predicted octanol–water partition coefficient (Wildman–Crippen LogP) is 20.3. The van der Waals surface area contributed by atoms with Crippen LogP contribution in [0.25, 0.3) is 0 Å². The molecule has 0 heterocycles. The van der Waals surface area contributed by atoms with Gasteiger partial charge in [-0.15, -0.1) is 0 Å². The molecule has 1 heteroatoms. The maximum atomic E-state index is 8.82. The van der Waals surface area contributed by atoms with Gasteiger partial charge in [-0.1, -0.05) is 334 Å². The lowest BCUT2D eigenvalue weighted by Crippen LogP contribution is -1.85. The van der Waals surface area contributed by atoms with Crippen LogP contribution in [0.3, 0.4) is 0 Å². The molecule has 0 aliphatic heterocycles. The van der Waals surface area contributed by atoms with Gasteiger partial charge in [0.2, 0.25) is 0 Å². The quantitative estimate of drug-likeness (QED) is 0.0610. The minimum absolute atomic E-state index is 0.375. The summed E-state index contributed by atoms with van der Waals surface area (Å²) in [7, 11) is 0. The van der Waals surface area contributed by atoms with Crippen molar-refractivity contribution in [1.82, 2.24) is 0 Å². The lowest BCUT2D eigenvalue weighted by molar-refractivity contribution is 0.282. The van der Waals surface area contributed by atoms with E-state index in [4.69, 9.17) is 5.11 Å². The van der Waals surface area contributed by atoms with Gasteiger partial charge in [0, 0.05) is 6.61 Å². The van der Waals surface area contributed by atoms with Gasteiger partial charge in [0.15, 0.2) is 0 Å². The van der Waals surface area contributed by atoms with Gasteiger partial charge in [-0.3, -0.25) is 0 Å². The van der Waals surface area contributed by atoms with Gasteiger partial charge in [-0.05, 0) is 6.42 Å². The molecule has 1 N–H and O–H groups in total. The van der Waals surface area contributed by atoms with Crippen molar-refractivity contribution in [3.63, 3.8) is 0 Å². The molecule has 0 aliphatic carbocycles. The van der Waals surface area contributed by atoms with Crippen molar-refractivity contribution in [2.75, 3.05) is 6.61 Å². The number of unbranched alkanes of at least 4 members (excludes halogenated alkanes) is 51. The van der Waals surface area contributed by atoms with Gasteiger partial charge in [-0.25, -0.2) is 0 Å². The summed E-state index contributed by atoms with van der Waals surface area (Å²) in [5.74, 6) is 0. The molecule has 1 nitrogen and oxygen atoms in total. The van der Waals surface area contributed by atoms with Gasteiger partial charge < -0.3 is 5.11 Å². The Morgan fingerprint density at radius 3 is 0.327 bits per heavy atom. The zero-order valence-corrected chi connectivity index (χ0v) is 38.9. The van der Waals surface area contributed by atoms with Gasteiger partial charge in [0.05, 0.1) is 0 Å². The van der Waals surface area contributed by atoms with E-state index < -0.39 is 0 Å². The molecule has 0 spiro atoms. The zero-order chi connectivity index (χ0) is 39.5. The van der Waals surface area contributed by atoms with E-state index in [0.717, 1.165) is 6.42 Å². The summed E-state index contributed by atoms with van der Waals surface area (Å²) < 4.78 is 0. The van der Waals surface area contributed by atoms with Crippen LogP contribution in [0.5, 0.6) is 0 Å². The molecule has 332 valence electrons. The highest BCUT2D eigenvalue weighted by Crippen LogP contribution is 2.19. The Balaban J connectivity index is 3.05. The van der Waals surface area contributed by atoms with E-state index in [1.807, 2.05) is 0 Å². The fraction of sp³-hybridized carbons (Fsp3) is 1.00. The highest BCUT2D eigenvalue weighted by Gasteiger charge is 1.99. The van der Waals surface area contributed by atoms with Crippen LogP contribution in [0.4, 0.5) is 0 Å². The average molecular weight is 775 g/mol. The third-order valence-electron chi connectivity index (χ3n) is 13.0. The van der Waals surface area contributed by atoms with E-state index in [2.05, 4.69) is 6.92 Å². The number of rotatable bonds is 52. The molecule has 0 aliphatic rings. The summed E-state index contributed by atoms with van der Waals surface area (Å²) in [5.41, 5.74) is 0. The number of hydrogen-bond donors (Lipinski definition) is 1. The van der Waals surface area contributed by atoms with E-state index in [-0.39, 0.29) is 0 Å². The van der Waals surface area contributed by atoms with Crippen molar-refractivity contribution < 1.29 is 5.11 Å². The molecule has 0 aromatic carbocycles. The van der Waals surface area contributed by atoms with Crippen molar-refractivity contribution in [1.29, 1.82) is 0 Å². The van der Waals surface area contributed by atoms with E-state index in [1.165, 1.54) is 327 Å². The van der Waals surface area contributed by atoms with Crippen molar-refractivity contribution in [2.45, 2.75) is 341 Å². The molecule has 0 saturated heterocycles. The summed E-state index contributed by atoms with van der Waals surface area (Å²) in [6, 6.07) is 0. The van der Waals surface area contributed by atoms with E-state index in [9.17, 15) is 0 Å². The molecule has 0 fully saturated rings. The Morgan fingerprint density at radius 1 is 0.145 bits per heavy atom. The average Bonchev–Trinajstić information content (AvgIpc) is 3.20. The summed E-state index contributed by atoms with van der Waals surface area (Å²) in [6.07, 6.45) is 76.0. The molecule has 0 amide bonds. The Morgan fingerprint density at radius 2 is 0.236 bits per heavy atom. The maximum Gasteiger partial charge on any atom is 0.0431 e. The van der Waals surface area contributed by atoms with Crippen LogP contribution < -0.4 is 0 Å². The predicted molar refractivity (Wildman–Crippen MR) is 253 cm³/mol. The second-order valence-corrected chi connectivity index (χ2v) is 18.8. The monoisotopic (exact) mass is 775 g/mol. The number of hydrogen-bond acceptors (Lipinski definition) is 1. The van der Waals surface area contributed by atoms with Crippen LogP contribution in [0.15, 0.2) is 0 Å². The summed E-state index contributed by atoms with van der Waals surface area (Å²) in [5, 5.41) is 8.82. The Kier molecular flexibility index (Phi) is 53.9. The van der Waals surface area contributed by atoms with Gasteiger partial charge in [0.1, 0.15) is 0 Å². The largest absolute Gasteiger partial charge is 0.396 e. The van der Waals surface area contributed by atoms with Crippen LogP contribution in [-0.2, 0) is 0 Å². The molecule has 0 radical (unpaired) electrons. The zero-order valence-electron chi connectivity index (χ0n) is 38.9. The van der Waals surface area contributed by atoms with Gasteiger partial charge in [-0.2, -0.15) is 0 Å². The standard InChI is InChI=1S/C54H110O/c1-2-3-4-5-6-7-8-9-10-11-12-13-14-15-16-17-18-19-20-21-22-23-24-25-26-27-28-29-30-31-32-33-34-35-36-37-38-39-40-41-42-43-44-45-46-47-48-49-50-51-52-53-54-55/h55H,2-54H2,1H3. The Labute approximate surface area is 351 Å². The molecule has 0 bridgehead atoms. The minimum atomic E-state index is 0.375. The van der Waals surface area contributed by atoms with E-state index in [1.54, 1.807) is 0 Å². The van der Waals surface area contributed by atoms with Crippen molar-refractivity contribution in [2.24, 2.45) is 0 Å². The smallest absolute Gasteiger partial charge is 0.0431 e. The van der Waals surface area contributed by atoms with Crippen LogP contribution in [0.2, 0.25) is 0 Å². The second kappa shape index (κ2) is 54.0. The van der Waals surface area contributed by atoms with Crippen molar-refractivity contribution in [3.05, 3.63) is 0 Å². The van der Waals surface area contributed by atoms with Crippen LogP contribution in [-0.4, -0.2) is 11.7 Å². The molecular weight excluding hydrogens is 665 g/mol. The highest BCUT2D eigenvalue weighted by atomic mass is 16.2. The molecule has 55 heavy (non-hydrogen) atoms. The molecule has 0 saturated carbocycles. The SMILES string of the molecule is CCCCCCCCCCCCCCCCCCCCCCCCCCCCCCCCCCCCCCCCCCCCCCCCCCCCCCO. The van der Waals surface area contributed by atoms with Gasteiger partial charge >= 0.3 is 0 Å². The maximum absolute atomic E-state index is 8.82. The van der Waals surface area contributed by atoms with E-state index in [0.29, 0.717) is 6.61 Å².